The molecule has 0 unspecified atom stereocenters. The van der Waals surface area contributed by atoms with Crippen LogP contribution in [0.5, 0.6) is 0 Å². The number of hydrogen-bond donors (Lipinski definition) is 2. The second-order valence-electron chi connectivity index (χ2n) is 6.79. The zero-order valence-electron chi connectivity index (χ0n) is 15.7. The van der Waals surface area contributed by atoms with Gasteiger partial charge < -0.3 is 20.0 Å². The van der Waals surface area contributed by atoms with Crippen LogP contribution in [0.1, 0.15) is 28.4 Å². The maximum Gasteiger partial charge on any atom is 0.287 e. The highest BCUT2D eigenvalue weighted by Crippen LogP contribution is 2.25. The number of amides is 2. The zero-order valence-corrected chi connectivity index (χ0v) is 16.5. The Kier molecular flexibility index (Phi) is 6.65. The van der Waals surface area contributed by atoms with E-state index in [4.69, 9.17) is 4.42 Å². The molecule has 0 spiro atoms. The highest BCUT2D eigenvalue weighted by molar-refractivity contribution is 7.10. The molecule has 2 aromatic heterocycles. The van der Waals surface area contributed by atoms with Crippen LogP contribution in [0, 0.1) is 0 Å². The predicted octanol–water partition coefficient (Wildman–Crippen LogP) is 1.56. The van der Waals surface area contributed by atoms with Gasteiger partial charge in [0.1, 0.15) is 6.04 Å². The standard InChI is InChI=1S/C19H26N4O3S/c1-14(21-19(25)16-5-3-11-26-16)18(24)20-13-15(17-6-4-12-27-17)23-9-7-22(2)8-10-23/h3-6,11-12,14-15H,7-10,13H2,1-2H3,(H,20,24)(H,21,25)/t14-,15-/m0/s1. The van der Waals surface area contributed by atoms with Crippen LogP contribution < -0.4 is 10.6 Å². The van der Waals surface area contributed by atoms with Gasteiger partial charge in [-0.3, -0.25) is 14.5 Å². The van der Waals surface area contributed by atoms with E-state index in [1.54, 1.807) is 30.4 Å². The van der Waals surface area contributed by atoms with E-state index in [-0.39, 0.29) is 17.7 Å². The minimum atomic E-state index is -0.640. The third kappa shape index (κ3) is 5.18. The van der Waals surface area contributed by atoms with Crippen LogP contribution in [0.25, 0.3) is 0 Å². The van der Waals surface area contributed by atoms with E-state index in [1.165, 1.54) is 11.1 Å². The lowest BCUT2D eigenvalue weighted by Gasteiger charge is -2.37. The summed E-state index contributed by atoms with van der Waals surface area (Å²) < 4.78 is 5.06. The van der Waals surface area contributed by atoms with Gasteiger partial charge in [-0.15, -0.1) is 11.3 Å². The molecule has 0 radical (unpaired) electrons. The van der Waals surface area contributed by atoms with E-state index in [0.717, 1.165) is 26.2 Å². The summed E-state index contributed by atoms with van der Waals surface area (Å²) in [6.07, 6.45) is 1.43. The van der Waals surface area contributed by atoms with Crippen LogP contribution in [0.4, 0.5) is 0 Å². The van der Waals surface area contributed by atoms with Gasteiger partial charge in [0, 0.05) is 37.6 Å². The topological polar surface area (TPSA) is 77.8 Å². The summed E-state index contributed by atoms with van der Waals surface area (Å²) >= 11 is 1.71. The summed E-state index contributed by atoms with van der Waals surface area (Å²) in [5.74, 6) is -0.398. The van der Waals surface area contributed by atoms with Crippen molar-refractivity contribution >= 4 is 23.2 Å². The van der Waals surface area contributed by atoms with Crippen LogP contribution >= 0.6 is 11.3 Å². The largest absolute Gasteiger partial charge is 0.459 e. The van der Waals surface area contributed by atoms with Crippen molar-refractivity contribution in [2.75, 3.05) is 39.8 Å². The van der Waals surface area contributed by atoms with Crippen LogP contribution in [-0.4, -0.2) is 67.4 Å². The summed E-state index contributed by atoms with van der Waals surface area (Å²) in [4.78, 5) is 30.5. The van der Waals surface area contributed by atoms with Crippen molar-refractivity contribution < 1.29 is 14.0 Å². The molecule has 27 heavy (non-hydrogen) atoms. The van der Waals surface area contributed by atoms with Crippen molar-refractivity contribution in [3.63, 3.8) is 0 Å². The summed E-state index contributed by atoms with van der Waals surface area (Å²) in [5.41, 5.74) is 0. The van der Waals surface area contributed by atoms with Gasteiger partial charge >= 0.3 is 0 Å². The van der Waals surface area contributed by atoms with Gasteiger partial charge in [-0.2, -0.15) is 0 Å². The molecule has 0 saturated carbocycles. The molecule has 2 amide bonds. The van der Waals surface area contributed by atoms with Gasteiger partial charge in [-0.25, -0.2) is 0 Å². The fourth-order valence-electron chi connectivity index (χ4n) is 3.12. The number of nitrogens with one attached hydrogen (secondary N) is 2. The second kappa shape index (κ2) is 9.16. The van der Waals surface area contributed by atoms with E-state index in [9.17, 15) is 9.59 Å². The van der Waals surface area contributed by atoms with E-state index in [0.29, 0.717) is 6.54 Å². The molecule has 0 aliphatic carbocycles. The number of furan rings is 1. The molecule has 1 aliphatic rings. The average molecular weight is 391 g/mol. The predicted molar refractivity (Wildman–Crippen MR) is 105 cm³/mol. The van der Waals surface area contributed by atoms with Gasteiger partial charge in [0.05, 0.1) is 12.3 Å². The molecule has 8 heteroatoms. The van der Waals surface area contributed by atoms with Crippen molar-refractivity contribution in [2.45, 2.75) is 19.0 Å². The minimum absolute atomic E-state index is 0.149. The van der Waals surface area contributed by atoms with Crippen molar-refractivity contribution in [1.82, 2.24) is 20.4 Å². The van der Waals surface area contributed by atoms with Crippen molar-refractivity contribution in [3.8, 4) is 0 Å². The maximum atomic E-state index is 12.5. The van der Waals surface area contributed by atoms with Gasteiger partial charge in [-0.05, 0) is 37.6 Å². The molecule has 146 valence electrons. The summed E-state index contributed by atoms with van der Waals surface area (Å²) in [5, 5.41) is 7.72. The van der Waals surface area contributed by atoms with Gasteiger partial charge in [-0.1, -0.05) is 6.07 Å². The van der Waals surface area contributed by atoms with Crippen molar-refractivity contribution in [3.05, 3.63) is 46.5 Å². The third-order valence-corrected chi connectivity index (χ3v) is 5.78. The van der Waals surface area contributed by atoms with Crippen LogP contribution in [-0.2, 0) is 4.79 Å². The first-order chi connectivity index (χ1) is 13.0. The molecule has 0 aromatic carbocycles. The first-order valence-electron chi connectivity index (χ1n) is 9.12. The second-order valence-corrected chi connectivity index (χ2v) is 7.77. The minimum Gasteiger partial charge on any atom is -0.459 e. The van der Waals surface area contributed by atoms with E-state index >= 15 is 0 Å². The fourth-order valence-corrected chi connectivity index (χ4v) is 3.98. The molecule has 3 rings (SSSR count). The summed E-state index contributed by atoms with van der Waals surface area (Å²) in [6.45, 7) is 6.17. The highest BCUT2D eigenvalue weighted by Gasteiger charge is 2.26. The number of rotatable bonds is 7. The highest BCUT2D eigenvalue weighted by atomic mass is 32.1. The van der Waals surface area contributed by atoms with Crippen LogP contribution in [0.15, 0.2) is 40.3 Å². The lowest BCUT2D eigenvalue weighted by molar-refractivity contribution is -0.122. The molecule has 1 fully saturated rings. The molecule has 2 N–H and O–H groups in total. The van der Waals surface area contributed by atoms with Gasteiger partial charge in [0.25, 0.3) is 5.91 Å². The maximum absolute atomic E-state index is 12.5. The number of thiophene rings is 1. The number of hydrogen-bond acceptors (Lipinski definition) is 6. The fraction of sp³-hybridized carbons (Fsp3) is 0.474. The third-order valence-electron chi connectivity index (χ3n) is 4.81. The van der Waals surface area contributed by atoms with Crippen LogP contribution in [0.3, 0.4) is 0 Å². The molecular weight excluding hydrogens is 364 g/mol. The van der Waals surface area contributed by atoms with Crippen molar-refractivity contribution in [1.29, 1.82) is 0 Å². The number of carbonyl (C=O) groups is 2. The molecule has 0 bridgehead atoms. The Balaban J connectivity index is 1.56. The summed E-state index contributed by atoms with van der Waals surface area (Å²) in [6, 6.07) is 6.87. The first kappa shape index (κ1) is 19.6. The van der Waals surface area contributed by atoms with Gasteiger partial charge in [0.15, 0.2) is 5.76 Å². The van der Waals surface area contributed by atoms with Crippen molar-refractivity contribution in [2.24, 2.45) is 0 Å². The molecule has 2 aromatic rings. The average Bonchev–Trinajstić information content (AvgIpc) is 3.37. The Morgan fingerprint density at radius 3 is 2.63 bits per heavy atom. The number of piperazine rings is 1. The summed E-state index contributed by atoms with van der Waals surface area (Å²) in [7, 11) is 2.13. The number of likely N-dealkylation sites (N-methyl/N-ethyl adjacent to an activating group) is 1. The Morgan fingerprint density at radius 1 is 1.22 bits per heavy atom. The Labute approximate surface area is 163 Å². The quantitative estimate of drug-likeness (QED) is 0.750. The molecule has 1 saturated heterocycles. The first-order valence-corrected chi connectivity index (χ1v) is 10.0. The van der Waals surface area contributed by atoms with Crippen LogP contribution in [0.2, 0.25) is 0 Å². The SMILES string of the molecule is C[C@H](NC(=O)c1ccco1)C(=O)NC[C@@H](c1cccs1)N1CCN(C)CC1. The molecule has 1 aliphatic heterocycles. The molecular formula is C19H26N4O3S. The smallest absolute Gasteiger partial charge is 0.287 e. The normalized spacial score (nSPS) is 18.0. The lowest BCUT2D eigenvalue weighted by atomic mass is 10.1. The molecule has 7 nitrogen and oxygen atoms in total. The molecule has 2 atom stereocenters. The van der Waals surface area contributed by atoms with E-state index in [2.05, 4.69) is 38.9 Å². The number of nitrogens with zero attached hydrogens (tertiary/aromatic N) is 2. The molecule has 3 heterocycles. The van der Waals surface area contributed by atoms with Gasteiger partial charge in [0.2, 0.25) is 5.91 Å². The Bertz CT molecular complexity index is 724. The lowest BCUT2D eigenvalue weighted by Crippen LogP contribution is -2.50. The van der Waals surface area contributed by atoms with E-state index in [1.807, 2.05) is 6.07 Å². The number of carbonyl (C=O) groups excluding carboxylic acids is 2. The monoisotopic (exact) mass is 390 g/mol. The van der Waals surface area contributed by atoms with E-state index < -0.39 is 11.9 Å². The Morgan fingerprint density at radius 2 is 2.00 bits per heavy atom. The Hall–Kier alpha value is -2.16. The zero-order chi connectivity index (χ0) is 19.2.